The number of rotatable bonds is 11. The van der Waals surface area contributed by atoms with Crippen molar-refractivity contribution in [2.45, 2.75) is 31.0 Å². The fourth-order valence-electron chi connectivity index (χ4n) is 1.51. The molecule has 10 nitrogen and oxygen atoms in total. The third kappa shape index (κ3) is 8.38. The Morgan fingerprint density at radius 1 is 1.09 bits per heavy atom. The average molecular weight is 351 g/mol. The van der Waals surface area contributed by atoms with Crippen LogP contribution in [0.2, 0.25) is 0 Å². The Kier molecular flexibility index (Phi) is 9.94. The van der Waals surface area contributed by atoms with Gasteiger partial charge in [-0.25, -0.2) is 4.79 Å². The molecule has 3 unspecified atom stereocenters. The molecular weight excluding hydrogens is 330 g/mol. The van der Waals surface area contributed by atoms with E-state index in [0.29, 0.717) is 5.75 Å². The molecule has 7 N–H and O–H groups in total. The van der Waals surface area contributed by atoms with Crippen molar-refractivity contribution < 1.29 is 34.5 Å². The molecule has 3 atom stereocenters. The number of carbonyl (C=O) groups excluding carboxylic acids is 2. The molecule has 132 valence electrons. The number of carboxylic acid groups (broad SMARTS) is 2. The minimum absolute atomic E-state index is 0.145. The number of nitrogens with one attached hydrogen (secondary N) is 2. The van der Waals surface area contributed by atoms with Crippen LogP contribution < -0.4 is 16.4 Å². The Balaban J connectivity index is 4.93. The van der Waals surface area contributed by atoms with Gasteiger partial charge in [-0.2, -0.15) is 11.8 Å². The number of carbonyl (C=O) groups is 4. The maximum absolute atomic E-state index is 12.0. The zero-order valence-electron chi connectivity index (χ0n) is 12.5. The van der Waals surface area contributed by atoms with Gasteiger partial charge in [0.25, 0.3) is 0 Å². The first kappa shape index (κ1) is 21.1. The van der Waals surface area contributed by atoms with Crippen LogP contribution in [0.3, 0.4) is 0 Å². The summed E-state index contributed by atoms with van der Waals surface area (Å²) in [5, 5.41) is 30.9. The lowest BCUT2D eigenvalue weighted by Crippen LogP contribution is -2.55. The van der Waals surface area contributed by atoms with Crippen LogP contribution in [0.15, 0.2) is 0 Å². The second-order valence-corrected chi connectivity index (χ2v) is 5.61. The Morgan fingerprint density at radius 2 is 1.65 bits per heavy atom. The number of aliphatic carboxylic acids is 2. The van der Waals surface area contributed by atoms with Gasteiger partial charge in [0.05, 0.1) is 13.0 Å². The quantitative estimate of drug-likeness (QED) is 0.236. The van der Waals surface area contributed by atoms with Crippen LogP contribution in [0.5, 0.6) is 0 Å². The van der Waals surface area contributed by atoms with Crippen LogP contribution in [0.1, 0.15) is 12.8 Å². The van der Waals surface area contributed by atoms with Crippen LogP contribution in [-0.2, 0) is 19.2 Å². The molecule has 0 aromatic carbocycles. The number of hydrogen-bond acceptors (Lipinski definition) is 7. The van der Waals surface area contributed by atoms with E-state index >= 15 is 0 Å². The Bertz CT molecular complexity index is 446. The minimum atomic E-state index is -1.49. The van der Waals surface area contributed by atoms with Gasteiger partial charge >= 0.3 is 11.9 Å². The number of carboxylic acids is 2. The van der Waals surface area contributed by atoms with Gasteiger partial charge in [0.1, 0.15) is 18.1 Å². The molecule has 0 heterocycles. The molecule has 0 aliphatic rings. The number of aliphatic hydroxyl groups excluding tert-OH is 1. The molecule has 0 saturated carbocycles. The summed E-state index contributed by atoms with van der Waals surface area (Å²) in [5.41, 5.74) is 5.27. The highest BCUT2D eigenvalue weighted by Crippen LogP contribution is 2.03. The lowest BCUT2D eigenvalue weighted by Gasteiger charge is -2.21. The first-order valence-corrected chi connectivity index (χ1v) is 8.03. The smallest absolute Gasteiger partial charge is 0.326 e. The van der Waals surface area contributed by atoms with E-state index in [9.17, 15) is 19.2 Å². The van der Waals surface area contributed by atoms with Crippen LogP contribution >= 0.6 is 11.8 Å². The molecule has 0 radical (unpaired) electrons. The third-order valence-corrected chi connectivity index (χ3v) is 3.41. The van der Waals surface area contributed by atoms with E-state index in [0.717, 1.165) is 0 Å². The Labute approximate surface area is 136 Å². The summed E-state index contributed by atoms with van der Waals surface area (Å²) in [5.74, 6) is -4.01. The highest BCUT2D eigenvalue weighted by Gasteiger charge is 2.29. The van der Waals surface area contributed by atoms with Gasteiger partial charge in [-0.3, -0.25) is 14.4 Å². The van der Waals surface area contributed by atoms with E-state index in [1.807, 2.05) is 0 Å². The molecule has 0 aromatic rings. The summed E-state index contributed by atoms with van der Waals surface area (Å²) < 4.78 is 0. The summed E-state index contributed by atoms with van der Waals surface area (Å²) in [7, 11) is 0. The van der Waals surface area contributed by atoms with Crippen molar-refractivity contribution in [3.8, 4) is 0 Å². The average Bonchev–Trinajstić information content (AvgIpc) is 2.48. The van der Waals surface area contributed by atoms with Gasteiger partial charge in [-0.1, -0.05) is 0 Å². The maximum atomic E-state index is 12.0. The van der Waals surface area contributed by atoms with Gasteiger partial charge in [0.2, 0.25) is 11.8 Å². The molecule has 2 amide bonds. The topological polar surface area (TPSA) is 179 Å². The monoisotopic (exact) mass is 351 g/mol. The molecule has 0 aliphatic heterocycles. The summed E-state index contributed by atoms with van der Waals surface area (Å²) >= 11 is 1.39. The third-order valence-electron chi connectivity index (χ3n) is 2.77. The Morgan fingerprint density at radius 3 is 2.09 bits per heavy atom. The van der Waals surface area contributed by atoms with Gasteiger partial charge < -0.3 is 31.7 Å². The summed E-state index contributed by atoms with van der Waals surface area (Å²) in [6.07, 6.45) is 1.17. The van der Waals surface area contributed by atoms with Gasteiger partial charge in [-0.05, 0) is 18.4 Å². The fourth-order valence-corrected chi connectivity index (χ4v) is 1.98. The minimum Gasteiger partial charge on any atom is -0.481 e. The first-order valence-electron chi connectivity index (χ1n) is 6.63. The standard InChI is InChI=1S/C12H21N3O7S/c1-23-3-2-7(12(21)22)14-11(20)8(4-9(17)18)15-10(19)6(13)5-16/h6-8,16H,2-5,13H2,1H3,(H,14,20)(H,15,19)(H,17,18)(H,21,22). The van der Waals surface area contributed by atoms with Gasteiger partial charge in [0.15, 0.2) is 0 Å². The van der Waals surface area contributed by atoms with E-state index in [-0.39, 0.29) is 6.42 Å². The maximum Gasteiger partial charge on any atom is 0.326 e. The van der Waals surface area contributed by atoms with Crippen molar-refractivity contribution in [3.05, 3.63) is 0 Å². The second kappa shape index (κ2) is 10.8. The van der Waals surface area contributed by atoms with Crippen molar-refractivity contribution in [2.24, 2.45) is 5.73 Å². The molecule has 0 fully saturated rings. The van der Waals surface area contributed by atoms with E-state index < -0.39 is 54.9 Å². The molecule has 0 spiro atoms. The van der Waals surface area contributed by atoms with Crippen molar-refractivity contribution in [1.82, 2.24) is 10.6 Å². The second-order valence-electron chi connectivity index (χ2n) is 4.63. The molecule has 23 heavy (non-hydrogen) atoms. The van der Waals surface area contributed by atoms with Gasteiger partial charge in [-0.15, -0.1) is 0 Å². The molecule has 11 heteroatoms. The summed E-state index contributed by atoms with van der Waals surface area (Å²) in [6, 6.07) is -4.01. The zero-order valence-corrected chi connectivity index (χ0v) is 13.3. The summed E-state index contributed by atoms with van der Waals surface area (Å²) in [4.78, 5) is 45.5. The van der Waals surface area contributed by atoms with Crippen molar-refractivity contribution in [3.63, 3.8) is 0 Å². The van der Waals surface area contributed by atoms with Gasteiger partial charge in [0, 0.05) is 0 Å². The highest BCUT2D eigenvalue weighted by atomic mass is 32.2. The molecular formula is C12H21N3O7S. The van der Waals surface area contributed by atoms with E-state index in [4.69, 9.17) is 21.1 Å². The predicted octanol–water partition coefficient (Wildman–Crippen LogP) is -2.41. The SMILES string of the molecule is CSCCC(NC(=O)C(CC(=O)O)NC(=O)C(N)CO)C(=O)O. The fraction of sp³-hybridized carbons (Fsp3) is 0.667. The lowest BCUT2D eigenvalue weighted by atomic mass is 10.1. The lowest BCUT2D eigenvalue weighted by molar-refractivity contribution is -0.143. The first-order chi connectivity index (χ1) is 10.7. The number of aliphatic hydroxyl groups is 1. The molecule has 0 aliphatic carbocycles. The van der Waals surface area contributed by atoms with Crippen molar-refractivity contribution in [1.29, 1.82) is 0 Å². The molecule has 0 bridgehead atoms. The Hall–Kier alpha value is -1.85. The molecule has 0 saturated heterocycles. The van der Waals surface area contributed by atoms with Crippen molar-refractivity contribution >= 4 is 35.5 Å². The van der Waals surface area contributed by atoms with Crippen LogP contribution in [0.4, 0.5) is 0 Å². The summed E-state index contributed by atoms with van der Waals surface area (Å²) in [6.45, 7) is -0.682. The largest absolute Gasteiger partial charge is 0.481 e. The number of thioether (sulfide) groups is 1. The van der Waals surface area contributed by atoms with Crippen LogP contribution in [0, 0.1) is 0 Å². The zero-order chi connectivity index (χ0) is 18.0. The van der Waals surface area contributed by atoms with E-state index in [1.54, 1.807) is 6.26 Å². The molecule has 0 rings (SSSR count). The van der Waals surface area contributed by atoms with E-state index in [2.05, 4.69) is 10.6 Å². The normalized spacial score (nSPS) is 14.4. The van der Waals surface area contributed by atoms with Crippen molar-refractivity contribution in [2.75, 3.05) is 18.6 Å². The molecule has 0 aromatic heterocycles. The highest BCUT2D eigenvalue weighted by molar-refractivity contribution is 7.98. The van der Waals surface area contributed by atoms with Crippen LogP contribution in [0.25, 0.3) is 0 Å². The number of hydrogen-bond donors (Lipinski definition) is 6. The van der Waals surface area contributed by atoms with Crippen LogP contribution in [-0.4, -0.2) is 75.8 Å². The number of amides is 2. The van der Waals surface area contributed by atoms with E-state index in [1.165, 1.54) is 11.8 Å². The predicted molar refractivity (Wildman–Crippen MR) is 81.8 cm³/mol. The number of nitrogens with two attached hydrogens (primary N) is 1.